The van der Waals surface area contributed by atoms with Crippen molar-refractivity contribution in [2.24, 2.45) is 0 Å². The maximum atomic E-state index is 13.0. The summed E-state index contributed by atoms with van der Waals surface area (Å²) in [6.07, 6.45) is 2.88. The number of imidazole rings is 2. The van der Waals surface area contributed by atoms with Crippen molar-refractivity contribution in [3.05, 3.63) is 96.6 Å². The molecule has 0 saturated carbocycles. The Balaban J connectivity index is 1.10. The minimum atomic E-state index is -0.559. The molecule has 2 atom stereocenters. The highest BCUT2D eigenvalue weighted by molar-refractivity contribution is 5.92. The molecular weight excluding hydrogens is 677 g/mol. The number of H-pyrrole nitrogens is 2. The lowest BCUT2D eigenvalue weighted by Crippen LogP contribution is -2.36. The van der Waals surface area contributed by atoms with Crippen LogP contribution in [0.1, 0.15) is 91.0 Å². The molecule has 2 saturated heterocycles. The molecule has 0 aliphatic carbocycles. The summed E-state index contributed by atoms with van der Waals surface area (Å²) in [6, 6.07) is 29.4. The SMILES string of the molecule is CC(C)(C)OC(=O)N1CCC[C@H]1c1nc2ccc(-c3ccc(-c4ccc5nc([C@@H]6CCCN6C(=O)OC(C)(C)C)[nH]c5c4)c(-c4ccccc4)c3)cc2[nH]1. The van der Waals surface area contributed by atoms with Crippen LogP contribution in [0.3, 0.4) is 0 Å². The minimum Gasteiger partial charge on any atom is -0.444 e. The molecule has 10 nitrogen and oxygen atoms in total. The van der Waals surface area contributed by atoms with Crippen LogP contribution in [0.2, 0.25) is 0 Å². The number of hydrogen-bond acceptors (Lipinski definition) is 6. The molecule has 0 bridgehead atoms. The Hall–Kier alpha value is -5.64. The van der Waals surface area contributed by atoms with Crippen molar-refractivity contribution in [2.45, 2.75) is 90.5 Å². The molecule has 278 valence electrons. The third kappa shape index (κ3) is 7.17. The topological polar surface area (TPSA) is 116 Å². The molecule has 0 spiro atoms. The lowest BCUT2D eigenvalue weighted by Gasteiger charge is -2.27. The van der Waals surface area contributed by atoms with E-state index in [1.807, 2.05) is 53.7 Å². The first-order valence-corrected chi connectivity index (χ1v) is 19.0. The van der Waals surface area contributed by atoms with Crippen LogP contribution in [0, 0.1) is 0 Å². The average Bonchev–Trinajstić information content (AvgIpc) is 3.94. The van der Waals surface area contributed by atoms with E-state index in [0.29, 0.717) is 13.1 Å². The number of carbonyl (C=O) groups is 2. The Kier molecular flexibility index (Phi) is 8.95. The summed E-state index contributed by atoms with van der Waals surface area (Å²) in [5.41, 5.74) is 9.02. The number of carbonyl (C=O) groups excluding carboxylic acids is 2. The molecule has 4 aromatic carbocycles. The van der Waals surface area contributed by atoms with Gasteiger partial charge < -0.3 is 19.4 Å². The van der Waals surface area contributed by atoms with Gasteiger partial charge in [0.1, 0.15) is 22.9 Å². The maximum absolute atomic E-state index is 13.0. The first-order chi connectivity index (χ1) is 25.8. The molecule has 2 N–H and O–H groups in total. The zero-order chi connectivity index (χ0) is 37.8. The standard InChI is InChI=1S/C44H48N6O4/c1-43(2,3)53-41(51)49-22-10-14-37(49)39-45-33-20-17-29(25-35(33)47-39)28-16-19-31(32(24-28)27-12-8-7-9-13-27)30-18-21-34-36(26-30)48-40(46-34)38-15-11-23-50(38)42(52)54-44(4,5)6/h7-9,12-13,16-21,24-26,37-38H,10-11,14-15,22-23H2,1-6H3,(H,45,47)(H,46,48)/t37-,38-/m0/s1. The number of aromatic amines is 2. The molecule has 0 unspecified atom stereocenters. The first kappa shape index (κ1) is 35.4. The third-order valence-electron chi connectivity index (χ3n) is 10.1. The monoisotopic (exact) mass is 724 g/mol. The lowest BCUT2D eigenvalue weighted by molar-refractivity contribution is 0.0208. The van der Waals surface area contributed by atoms with E-state index in [2.05, 4.69) is 82.8 Å². The summed E-state index contributed by atoms with van der Waals surface area (Å²) in [7, 11) is 0. The molecule has 2 fully saturated rings. The van der Waals surface area contributed by atoms with Gasteiger partial charge in [0.25, 0.3) is 0 Å². The molecule has 4 heterocycles. The molecule has 10 heteroatoms. The molecule has 2 aliphatic heterocycles. The number of rotatable bonds is 5. The normalized spacial score (nSPS) is 17.8. The van der Waals surface area contributed by atoms with Crippen molar-refractivity contribution >= 4 is 34.3 Å². The van der Waals surface area contributed by atoms with Crippen molar-refractivity contribution < 1.29 is 19.1 Å². The van der Waals surface area contributed by atoms with E-state index in [-0.39, 0.29) is 24.3 Å². The Morgan fingerprint density at radius 3 is 1.61 bits per heavy atom. The predicted molar refractivity (Wildman–Crippen MR) is 212 cm³/mol. The first-order valence-electron chi connectivity index (χ1n) is 19.0. The average molecular weight is 725 g/mol. The Bertz CT molecular complexity index is 2350. The van der Waals surface area contributed by atoms with Crippen LogP contribution < -0.4 is 0 Å². The fraction of sp³-hybridized carbons (Fsp3) is 0.364. The highest BCUT2D eigenvalue weighted by atomic mass is 16.6. The summed E-state index contributed by atoms with van der Waals surface area (Å²) in [5.74, 6) is 1.57. The van der Waals surface area contributed by atoms with E-state index < -0.39 is 11.2 Å². The number of ether oxygens (including phenoxy) is 2. The molecule has 8 rings (SSSR count). The summed E-state index contributed by atoms with van der Waals surface area (Å²) in [6.45, 7) is 12.6. The van der Waals surface area contributed by atoms with Gasteiger partial charge in [0, 0.05) is 13.1 Å². The maximum Gasteiger partial charge on any atom is 0.410 e. The van der Waals surface area contributed by atoms with Crippen LogP contribution in [-0.4, -0.2) is 66.2 Å². The second-order valence-corrected chi connectivity index (χ2v) is 16.5. The largest absolute Gasteiger partial charge is 0.444 e. The van der Waals surface area contributed by atoms with E-state index >= 15 is 0 Å². The van der Waals surface area contributed by atoms with Crippen molar-refractivity contribution in [3.8, 4) is 33.4 Å². The number of nitrogens with zero attached hydrogens (tertiary/aromatic N) is 4. The van der Waals surface area contributed by atoms with Crippen LogP contribution in [0.15, 0.2) is 84.9 Å². The zero-order valence-electron chi connectivity index (χ0n) is 31.9. The van der Waals surface area contributed by atoms with Crippen molar-refractivity contribution in [3.63, 3.8) is 0 Å². The fourth-order valence-electron chi connectivity index (χ4n) is 7.73. The number of amides is 2. The predicted octanol–water partition coefficient (Wildman–Crippen LogP) is 10.6. The van der Waals surface area contributed by atoms with E-state index in [1.165, 1.54) is 0 Å². The van der Waals surface area contributed by atoms with Gasteiger partial charge in [0.15, 0.2) is 0 Å². The van der Waals surface area contributed by atoms with Gasteiger partial charge in [-0.05, 0) is 131 Å². The minimum absolute atomic E-state index is 0.148. The lowest BCUT2D eigenvalue weighted by atomic mass is 9.91. The van der Waals surface area contributed by atoms with Crippen molar-refractivity contribution in [1.82, 2.24) is 29.7 Å². The van der Waals surface area contributed by atoms with Gasteiger partial charge in [0.2, 0.25) is 0 Å². The second-order valence-electron chi connectivity index (χ2n) is 16.5. The summed E-state index contributed by atoms with van der Waals surface area (Å²) in [5, 5.41) is 0. The molecule has 0 radical (unpaired) electrons. The van der Waals surface area contributed by atoms with Crippen LogP contribution in [0.5, 0.6) is 0 Å². The number of hydrogen-bond donors (Lipinski definition) is 2. The Morgan fingerprint density at radius 1 is 0.593 bits per heavy atom. The number of fused-ring (bicyclic) bond motifs is 2. The number of nitrogens with one attached hydrogen (secondary N) is 2. The van der Waals surface area contributed by atoms with E-state index in [9.17, 15) is 9.59 Å². The molecule has 2 amide bonds. The van der Waals surface area contributed by atoms with Crippen molar-refractivity contribution in [1.29, 1.82) is 0 Å². The van der Waals surface area contributed by atoms with Gasteiger partial charge in [-0.25, -0.2) is 19.6 Å². The fourth-order valence-corrected chi connectivity index (χ4v) is 7.73. The number of likely N-dealkylation sites (tertiary alicyclic amines) is 2. The van der Waals surface area contributed by atoms with Crippen LogP contribution in [0.4, 0.5) is 9.59 Å². The van der Waals surface area contributed by atoms with Gasteiger partial charge in [-0.2, -0.15) is 0 Å². The number of benzene rings is 4. The van der Waals surface area contributed by atoms with E-state index in [0.717, 1.165) is 92.8 Å². The molecule has 2 aliphatic rings. The van der Waals surface area contributed by atoms with Crippen LogP contribution >= 0.6 is 0 Å². The molecular formula is C44H48N6O4. The van der Waals surface area contributed by atoms with Gasteiger partial charge in [0.05, 0.1) is 34.2 Å². The van der Waals surface area contributed by atoms with Crippen LogP contribution in [0.25, 0.3) is 55.4 Å². The van der Waals surface area contributed by atoms with Gasteiger partial charge in [-0.1, -0.05) is 54.6 Å². The Labute approximate surface area is 315 Å². The number of aromatic nitrogens is 4. The van der Waals surface area contributed by atoms with E-state index in [4.69, 9.17) is 19.4 Å². The zero-order valence-corrected chi connectivity index (χ0v) is 31.9. The molecule has 2 aromatic heterocycles. The summed E-state index contributed by atoms with van der Waals surface area (Å²) >= 11 is 0. The smallest absolute Gasteiger partial charge is 0.410 e. The summed E-state index contributed by atoms with van der Waals surface area (Å²) < 4.78 is 11.4. The highest BCUT2D eigenvalue weighted by Gasteiger charge is 2.36. The third-order valence-corrected chi connectivity index (χ3v) is 10.1. The summed E-state index contributed by atoms with van der Waals surface area (Å²) in [4.78, 5) is 46.6. The van der Waals surface area contributed by atoms with Crippen molar-refractivity contribution in [2.75, 3.05) is 13.1 Å². The molecule has 54 heavy (non-hydrogen) atoms. The quantitative estimate of drug-likeness (QED) is 0.183. The van der Waals surface area contributed by atoms with Gasteiger partial charge in [-0.3, -0.25) is 9.80 Å². The van der Waals surface area contributed by atoms with Gasteiger partial charge in [-0.15, -0.1) is 0 Å². The van der Waals surface area contributed by atoms with Gasteiger partial charge >= 0.3 is 12.2 Å². The highest BCUT2D eigenvalue weighted by Crippen LogP contribution is 2.39. The Morgan fingerprint density at radius 2 is 1.07 bits per heavy atom. The molecule has 6 aromatic rings. The second kappa shape index (κ2) is 13.6. The van der Waals surface area contributed by atoms with Crippen LogP contribution in [-0.2, 0) is 9.47 Å². The van der Waals surface area contributed by atoms with E-state index in [1.54, 1.807) is 9.80 Å².